The minimum absolute atomic E-state index is 0.0110. The number of hydrogen-bond acceptors (Lipinski definition) is 9. The van der Waals surface area contributed by atoms with Gasteiger partial charge in [0.15, 0.2) is 0 Å². The van der Waals surface area contributed by atoms with E-state index in [4.69, 9.17) is 4.42 Å². The third-order valence-electron chi connectivity index (χ3n) is 5.10. The van der Waals surface area contributed by atoms with Crippen molar-refractivity contribution in [3.05, 3.63) is 54.1 Å². The van der Waals surface area contributed by atoms with E-state index in [1.165, 1.54) is 29.6 Å². The van der Waals surface area contributed by atoms with Crippen molar-refractivity contribution in [2.45, 2.75) is 23.0 Å². The Labute approximate surface area is 200 Å². The Hall–Kier alpha value is -3.22. The van der Waals surface area contributed by atoms with E-state index in [9.17, 15) is 18.0 Å². The number of aromatic nitrogens is 2. The molecule has 1 aliphatic rings. The van der Waals surface area contributed by atoms with E-state index >= 15 is 0 Å². The molecule has 0 bridgehead atoms. The van der Waals surface area contributed by atoms with Gasteiger partial charge >= 0.3 is 5.97 Å². The quantitative estimate of drug-likeness (QED) is 0.365. The molecule has 178 valence electrons. The summed E-state index contributed by atoms with van der Waals surface area (Å²) in [4.78, 5) is 24.1. The van der Waals surface area contributed by atoms with E-state index in [1.807, 2.05) is 0 Å². The highest BCUT2D eigenvalue weighted by atomic mass is 32.2. The molecule has 2 aromatic carbocycles. The lowest BCUT2D eigenvalue weighted by Gasteiger charge is -2.15. The second-order valence-corrected chi connectivity index (χ2v) is 10.3. The van der Waals surface area contributed by atoms with Gasteiger partial charge in [-0.1, -0.05) is 17.8 Å². The topological polar surface area (TPSA) is 132 Å². The Kier molecular flexibility index (Phi) is 7.29. The van der Waals surface area contributed by atoms with Crippen LogP contribution in [0.1, 0.15) is 23.2 Å². The number of methoxy groups -OCH3 is 1. The Morgan fingerprint density at radius 1 is 1.12 bits per heavy atom. The molecule has 1 aliphatic heterocycles. The Bertz CT molecular complexity index is 1280. The van der Waals surface area contributed by atoms with Crippen LogP contribution >= 0.6 is 11.8 Å². The third-order valence-corrected chi connectivity index (χ3v) is 7.84. The van der Waals surface area contributed by atoms with Gasteiger partial charge in [0.2, 0.25) is 21.8 Å². The fourth-order valence-electron chi connectivity index (χ4n) is 3.40. The number of ether oxygens (including phenoxy) is 1. The van der Waals surface area contributed by atoms with Crippen molar-refractivity contribution in [3.8, 4) is 11.5 Å². The second kappa shape index (κ2) is 10.4. The molecule has 34 heavy (non-hydrogen) atoms. The van der Waals surface area contributed by atoms with Crippen molar-refractivity contribution < 1.29 is 27.2 Å². The van der Waals surface area contributed by atoms with Gasteiger partial charge in [-0.3, -0.25) is 4.79 Å². The molecular formula is C22H22N4O6S2. The number of nitrogens with zero attached hydrogens (tertiary/aromatic N) is 3. The zero-order chi connectivity index (χ0) is 24.1. The fourth-order valence-corrected chi connectivity index (χ4v) is 5.48. The van der Waals surface area contributed by atoms with Gasteiger partial charge in [0, 0.05) is 24.3 Å². The first-order valence-corrected chi connectivity index (χ1v) is 12.8. The summed E-state index contributed by atoms with van der Waals surface area (Å²) in [6.45, 7) is 1.08. The summed E-state index contributed by atoms with van der Waals surface area (Å²) in [5.74, 6) is -0.579. The summed E-state index contributed by atoms with van der Waals surface area (Å²) in [5.41, 5.74) is 1.36. The summed E-state index contributed by atoms with van der Waals surface area (Å²) in [6.07, 6.45) is 1.75. The van der Waals surface area contributed by atoms with Gasteiger partial charge in [-0.2, -0.15) is 4.31 Å². The fraction of sp³-hybridized carbons (Fsp3) is 0.273. The Morgan fingerprint density at radius 2 is 1.85 bits per heavy atom. The van der Waals surface area contributed by atoms with E-state index < -0.39 is 16.0 Å². The van der Waals surface area contributed by atoms with Crippen molar-refractivity contribution >= 4 is 39.3 Å². The predicted molar refractivity (Wildman–Crippen MR) is 125 cm³/mol. The maximum Gasteiger partial charge on any atom is 0.337 e. The van der Waals surface area contributed by atoms with Gasteiger partial charge in [0.1, 0.15) is 0 Å². The average molecular weight is 503 g/mol. The maximum atomic E-state index is 12.6. The van der Waals surface area contributed by atoms with Crippen molar-refractivity contribution in [2.24, 2.45) is 0 Å². The van der Waals surface area contributed by atoms with E-state index in [2.05, 4.69) is 20.3 Å². The van der Waals surface area contributed by atoms with Crippen molar-refractivity contribution in [1.82, 2.24) is 14.5 Å². The largest absolute Gasteiger partial charge is 0.465 e. The molecule has 0 saturated carbocycles. The van der Waals surface area contributed by atoms with Crippen LogP contribution in [0.25, 0.3) is 11.5 Å². The number of esters is 1. The number of nitrogens with one attached hydrogen (secondary N) is 1. The average Bonchev–Trinajstić information content (AvgIpc) is 3.55. The van der Waals surface area contributed by atoms with E-state index in [0.717, 1.165) is 24.6 Å². The molecule has 0 unspecified atom stereocenters. The number of benzene rings is 2. The lowest BCUT2D eigenvalue weighted by atomic mass is 10.2. The normalized spacial score (nSPS) is 14.1. The zero-order valence-electron chi connectivity index (χ0n) is 18.3. The minimum Gasteiger partial charge on any atom is -0.465 e. The number of thioether (sulfide) groups is 1. The molecule has 2 heterocycles. The third kappa shape index (κ3) is 5.46. The standard InChI is InChI=1S/C22H22N4O6S2/c1-31-21(28)16-5-4-6-17(13-16)23-19(27)14-33-22-25-24-20(32-22)15-7-9-18(10-8-15)34(29,30)26-11-2-3-12-26/h4-10,13H,2-3,11-12,14H2,1H3,(H,23,27). The second-order valence-electron chi connectivity index (χ2n) is 7.42. The smallest absolute Gasteiger partial charge is 0.337 e. The van der Waals surface area contributed by atoms with Crippen molar-refractivity contribution in [3.63, 3.8) is 0 Å². The van der Waals surface area contributed by atoms with Crippen LogP contribution in [0.5, 0.6) is 0 Å². The molecule has 1 fully saturated rings. The molecule has 1 aromatic heterocycles. The van der Waals surface area contributed by atoms with Crippen molar-refractivity contribution in [1.29, 1.82) is 0 Å². The summed E-state index contributed by atoms with van der Waals surface area (Å²) < 4.78 is 37.0. The molecule has 10 nitrogen and oxygen atoms in total. The molecule has 4 rings (SSSR count). The van der Waals surface area contributed by atoms with E-state index in [0.29, 0.717) is 29.9 Å². The van der Waals surface area contributed by atoms with Crippen LogP contribution in [0.15, 0.2) is 63.1 Å². The molecule has 0 spiro atoms. The van der Waals surface area contributed by atoms with Crippen LogP contribution in [0.3, 0.4) is 0 Å². The number of carbonyl (C=O) groups is 2. The van der Waals surface area contributed by atoms with Crippen molar-refractivity contribution in [2.75, 3.05) is 31.3 Å². The zero-order valence-corrected chi connectivity index (χ0v) is 19.9. The van der Waals surface area contributed by atoms with E-state index in [-0.39, 0.29) is 27.7 Å². The number of rotatable bonds is 8. The Morgan fingerprint density at radius 3 is 2.56 bits per heavy atom. The van der Waals surface area contributed by atoms with Crippen LogP contribution in [0, 0.1) is 0 Å². The van der Waals surface area contributed by atoms with Gasteiger partial charge in [-0.25, -0.2) is 13.2 Å². The monoisotopic (exact) mass is 502 g/mol. The van der Waals surface area contributed by atoms with Crippen LogP contribution < -0.4 is 5.32 Å². The number of sulfonamides is 1. The molecule has 3 aromatic rings. The lowest BCUT2D eigenvalue weighted by molar-refractivity contribution is -0.113. The number of carbonyl (C=O) groups excluding carboxylic acids is 2. The molecule has 0 radical (unpaired) electrons. The number of anilines is 1. The molecular weight excluding hydrogens is 480 g/mol. The van der Waals surface area contributed by atoms with Gasteiger partial charge in [0.25, 0.3) is 5.22 Å². The Balaban J connectivity index is 1.35. The highest BCUT2D eigenvalue weighted by molar-refractivity contribution is 7.99. The first-order valence-electron chi connectivity index (χ1n) is 10.4. The summed E-state index contributed by atoms with van der Waals surface area (Å²) >= 11 is 1.06. The number of amides is 1. The molecule has 0 aliphatic carbocycles. The minimum atomic E-state index is -3.49. The van der Waals surface area contributed by atoms with Gasteiger partial charge in [0.05, 0.1) is 23.3 Å². The highest BCUT2D eigenvalue weighted by Crippen LogP contribution is 2.26. The molecule has 0 atom stereocenters. The first-order chi connectivity index (χ1) is 16.4. The maximum absolute atomic E-state index is 12.6. The van der Waals surface area contributed by atoms with Crippen LogP contribution in [0.2, 0.25) is 0 Å². The number of hydrogen-bond donors (Lipinski definition) is 1. The molecule has 12 heteroatoms. The molecule has 1 saturated heterocycles. The van der Waals surface area contributed by atoms with Crippen LogP contribution in [-0.4, -0.2) is 60.7 Å². The van der Waals surface area contributed by atoms with Gasteiger partial charge < -0.3 is 14.5 Å². The summed E-state index contributed by atoms with van der Waals surface area (Å²) in [6, 6.07) is 12.7. The summed E-state index contributed by atoms with van der Waals surface area (Å²) in [5, 5.41) is 10.8. The lowest BCUT2D eigenvalue weighted by Crippen LogP contribution is -2.27. The molecule has 1 amide bonds. The van der Waals surface area contributed by atoms with Crippen LogP contribution in [-0.2, 0) is 19.6 Å². The van der Waals surface area contributed by atoms with E-state index in [1.54, 1.807) is 30.3 Å². The SMILES string of the molecule is COC(=O)c1cccc(NC(=O)CSc2nnc(-c3ccc(S(=O)(=O)N4CCCC4)cc3)o2)c1. The summed E-state index contributed by atoms with van der Waals surface area (Å²) in [7, 11) is -2.21. The predicted octanol–water partition coefficient (Wildman–Crippen LogP) is 3.04. The van der Waals surface area contributed by atoms with Gasteiger partial charge in [-0.05, 0) is 55.3 Å². The van der Waals surface area contributed by atoms with Gasteiger partial charge in [-0.15, -0.1) is 10.2 Å². The first kappa shape index (κ1) is 23.9. The molecule has 1 N–H and O–H groups in total. The highest BCUT2D eigenvalue weighted by Gasteiger charge is 2.27. The van der Waals surface area contributed by atoms with Crippen LogP contribution in [0.4, 0.5) is 5.69 Å².